The first-order chi connectivity index (χ1) is 11.2. The van der Waals surface area contributed by atoms with E-state index in [-0.39, 0.29) is 24.0 Å². The minimum atomic E-state index is 0. The van der Waals surface area contributed by atoms with Crippen LogP contribution in [0, 0.1) is 0 Å². The number of para-hydroxylation sites is 1. The number of methoxy groups -OCH3 is 1. The molecule has 0 aliphatic heterocycles. The second-order valence-corrected chi connectivity index (χ2v) is 6.47. The fourth-order valence-electron chi connectivity index (χ4n) is 2.32. The number of guanidine groups is 1. The summed E-state index contributed by atoms with van der Waals surface area (Å²) in [6, 6.07) is 8.17. The molecule has 0 bridgehead atoms. The molecular weight excluding hydrogens is 433 g/mol. The van der Waals surface area contributed by atoms with Gasteiger partial charge in [0.15, 0.2) is 5.96 Å². The van der Waals surface area contributed by atoms with E-state index in [9.17, 15) is 0 Å². The highest BCUT2D eigenvalue weighted by Gasteiger charge is 2.10. The lowest BCUT2D eigenvalue weighted by Gasteiger charge is -2.15. The monoisotopic (exact) mass is 465 g/mol. The van der Waals surface area contributed by atoms with Crippen molar-refractivity contribution < 1.29 is 4.74 Å². The Morgan fingerprint density at radius 2 is 2.00 bits per heavy atom. The van der Waals surface area contributed by atoms with Gasteiger partial charge >= 0.3 is 0 Å². The molecule has 0 heterocycles. The summed E-state index contributed by atoms with van der Waals surface area (Å²) >= 11 is 1.90. The number of nitrogens with one attached hydrogen (secondary N) is 2. The highest BCUT2D eigenvalue weighted by Crippen LogP contribution is 2.26. The molecule has 4 nitrogen and oxygen atoms in total. The molecule has 1 atom stereocenters. The van der Waals surface area contributed by atoms with Crippen LogP contribution in [-0.2, 0) is 0 Å². The molecule has 0 saturated heterocycles. The van der Waals surface area contributed by atoms with Gasteiger partial charge in [-0.1, -0.05) is 25.1 Å². The summed E-state index contributed by atoms with van der Waals surface area (Å²) in [5.41, 5.74) is 1.20. The molecule has 6 heteroatoms. The van der Waals surface area contributed by atoms with E-state index in [1.807, 2.05) is 30.0 Å². The maximum atomic E-state index is 5.44. The van der Waals surface area contributed by atoms with E-state index >= 15 is 0 Å². The van der Waals surface area contributed by atoms with E-state index in [0.29, 0.717) is 5.92 Å². The van der Waals surface area contributed by atoms with E-state index in [1.54, 1.807) is 7.11 Å². The Bertz CT molecular complexity index is 471. The predicted molar refractivity (Wildman–Crippen MR) is 118 cm³/mol. The quantitative estimate of drug-likeness (QED) is 0.236. The standard InChI is InChI=1S/C18H31N3OS.HI/c1-5-19-18(20-12-8-9-13-23-4)21-14-15(2)16-10-6-7-11-17(16)22-3;/h6-7,10-11,15H,5,8-9,12-14H2,1-4H3,(H2,19,20,21);1H. The maximum Gasteiger partial charge on any atom is 0.191 e. The number of ether oxygens (including phenoxy) is 1. The van der Waals surface area contributed by atoms with Crippen molar-refractivity contribution in [3.8, 4) is 5.75 Å². The summed E-state index contributed by atoms with van der Waals surface area (Å²) in [5.74, 6) is 3.38. The highest BCUT2D eigenvalue weighted by molar-refractivity contribution is 14.0. The van der Waals surface area contributed by atoms with Gasteiger partial charge in [-0.2, -0.15) is 11.8 Å². The SMILES string of the molecule is CCNC(=NCC(C)c1ccccc1OC)NCCCCSC.I. The fraction of sp³-hybridized carbons (Fsp3) is 0.611. The van der Waals surface area contributed by atoms with Gasteiger partial charge in [0.25, 0.3) is 0 Å². The minimum Gasteiger partial charge on any atom is -0.496 e. The average Bonchev–Trinajstić information content (AvgIpc) is 2.59. The van der Waals surface area contributed by atoms with Crippen LogP contribution in [0.25, 0.3) is 0 Å². The second-order valence-electron chi connectivity index (χ2n) is 5.49. The molecule has 1 rings (SSSR count). The molecule has 2 N–H and O–H groups in total. The van der Waals surface area contributed by atoms with Crippen LogP contribution in [-0.4, -0.2) is 44.7 Å². The third kappa shape index (κ3) is 9.01. The van der Waals surface area contributed by atoms with Crippen molar-refractivity contribution in [3.63, 3.8) is 0 Å². The summed E-state index contributed by atoms with van der Waals surface area (Å²) < 4.78 is 5.44. The van der Waals surface area contributed by atoms with Gasteiger partial charge in [0.2, 0.25) is 0 Å². The lowest BCUT2D eigenvalue weighted by atomic mass is 10.0. The first kappa shape index (κ1) is 23.4. The first-order valence-corrected chi connectivity index (χ1v) is 9.76. The third-order valence-electron chi connectivity index (χ3n) is 3.61. The number of nitrogens with zero attached hydrogens (tertiary/aromatic N) is 1. The number of benzene rings is 1. The van der Waals surface area contributed by atoms with Gasteiger partial charge in [0.1, 0.15) is 5.75 Å². The molecule has 0 aliphatic rings. The zero-order chi connectivity index (χ0) is 16.9. The van der Waals surface area contributed by atoms with E-state index in [1.165, 1.54) is 24.2 Å². The lowest BCUT2D eigenvalue weighted by molar-refractivity contribution is 0.407. The fourth-order valence-corrected chi connectivity index (χ4v) is 2.81. The zero-order valence-electron chi connectivity index (χ0n) is 15.3. The largest absolute Gasteiger partial charge is 0.496 e. The molecular formula is C18H32IN3OS. The normalized spacial score (nSPS) is 12.2. The summed E-state index contributed by atoms with van der Waals surface area (Å²) in [4.78, 5) is 4.72. The van der Waals surface area contributed by atoms with Crippen LogP contribution >= 0.6 is 35.7 Å². The molecule has 0 radical (unpaired) electrons. The molecule has 1 unspecified atom stereocenters. The van der Waals surface area contributed by atoms with Gasteiger partial charge < -0.3 is 15.4 Å². The Kier molecular flexibility index (Phi) is 14.3. The van der Waals surface area contributed by atoms with E-state index < -0.39 is 0 Å². The maximum absolute atomic E-state index is 5.44. The summed E-state index contributed by atoms with van der Waals surface area (Å²) in [6.07, 6.45) is 4.57. The van der Waals surface area contributed by atoms with Crippen LogP contribution in [0.1, 0.15) is 38.2 Å². The zero-order valence-corrected chi connectivity index (χ0v) is 18.4. The molecule has 1 aromatic rings. The number of halogens is 1. The van der Waals surface area contributed by atoms with E-state index in [4.69, 9.17) is 9.73 Å². The molecule has 0 spiro atoms. The highest BCUT2D eigenvalue weighted by atomic mass is 127. The van der Waals surface area contributed by atoms with Gasteiger partial charge in [-0.15, -0.1) is 24.0 Å². The third-order valence-corrected chi connectivity index (χ3v) is 4.30. The van der Waals surface area contributed by atoms with Crippen LogP contribution in [0.3, 0.4) is 0 Å². The van der Waals surface area contributed by atoms with Gasteiger partial charge in [-0.25, -0.2) is 0 Å². The molecule has 0 amide bonds. The number of rotatable bonds is 10. The lowest BCUT2D eigenvalue weighted by Crippen LogP contribution is -2.38. The Labute approximate surface area is 168 Å². The number of unbranched alkanes of at least 4 members (excludes halogenated alkanes) is 1. The van der Waals surface area contributed by atoms with Crippen molar-refractivity contribution in [2.24, 2.45) is 4.99 Å². The Morgan fingerprint density at radius 1 is 1.25 bits per heavy atom. The number of thioether (sulfide) groups is 1. The van der Waals surface area contributed by atoms with Gasteiger partial charge in [0, 0.05) is 25.6 Å². The van der Waals surface area contributed by atoms with Crippen LogP contribution in [0.2, 0.25) is 0 Å². The molecule has 1 aromatic carbocycles. The van der Waals surface area contributed by atoms with Crippen LogP contribution in [0.15, 0.2) is 29.3 Å². The molecule has 0 saturated carbocycles. The van der Waals surface area contributed by atoms with Crippen molar-refractivity contribution in [1.82, 2.24) is 10.6 Å². The van der Waals surface area contributed by atoms with Gasteiger partial charge in [-0.05, 0) is 43.4 Å². The van der Waals surface area contributed by atoms with Crippen LogP contribution < -0.4 is 15.4 Å². The first-order valence-electron chi connectivity index (χ1n) is 8.36. The second kappa shape index (κ2) is 14.7. The van der Waals surface area contributed by atoms with E-state index in [0.717, 1.165) is 31.3 Å². The smallest absolute Gasteiger partial charge is 0.191 e. The topological polar surface area (TPSA) is 45.7 Å². The average molecular weight is 465 g/mol. The predicted octanol–water partition coefficient (Wildman–Crippen LogP) is 4.12. The van der Waals surface area contributed by atoms with Crippen molar-refractivity contribution >= 4 is 41.7 Å². The molecule has 0 aliphatic carbocycles. The summed E-state index contributed by atoms with van der Waals surface area (Å²) in [7, 11) is 1.72. The summed E-state index contributed by atoms with van der Waals surface area (Å²) in [5, 5.41) is 6.72. The number of hydrogen-bond donors (Lipinski definition) is 2. The Morgan fingerprint density at radius 3 is 2.67 bits per heavy atom. The number of hydrogen-bond acceptors (Lipinski definition) is 3. The molecule has 0 aromatic heterocycles. The molecule has 138 valence electrons. The van der Waals surface area contributed by atoms with Crippen molar-refractivity contribution in [2.45, 2.75) is 32.6 Å². The van der Waals surface area contributed by atoms with Crippen LogP contribution in [0.5, 0.6) is 5.75 Å². The van der Waals surface area contributed by atoms with E-state index in [2.05, 4.69) is 36.8 Å². The molecule has 0 fully saturated rings. The van der Waals surface area contributed by atoms with Gasteiger partial charge in [0.05, 0.1) is 7.11 Å². The minimum absolute atomic E-state index is 0. The molecule has 24 heavy (non-hydrogen) atoms. The van der Waals surface area contributed by atoms with Crippen LogP contribution in [0.4, 0.5) is 0 Å². The van der Waals surface area contributed by atoms with Crippen molar-refractivity contribution in [3.05, 3.63) is 29.8 Å². The van der Waals surface area contributed by atoms with Crippen molar-refractivity contribution in [1.29, 1.82) is 0 Å². The number of aliphatic imine (C=N–C) groups is 1. The Balaban J connectivity index is 0.00000529. The van der Waals surface area contributed by atoms with Crippen molar-refractivity contribution in [2.75, 3.05) is 38.8 Å². The summed E-state index contributed by atoms with van der Waals surface area (Å²) in [6.45, 7) is 6.85. The Hall–Kier alpha value is -0.630. The van der Waals surface area contributed by atoms with Gasteiger partial charge in [-0.3, -0.25) is 4.99 Å².